The molecule has 3 nitrogen and oxygen atoms in total. The van der Waals surface area contributed by atoms with E-state index >= 15 is 0 Å². The Morgan fingerprint density at radius 1 is 1.28 bits per heavy atom. The highest BCUT2D eigenvalue weighted by atomic mass is 19.1. The van der Waals surface area contributed by atoms with Crippen LogP contribution in [-0.2, 0) is 0 Å². The highest BCUT2D eigenvalue weighted by Gasteiger charge is 2.18. The van der Waals surface area contributed by atoms with Gasteiger partial charge in [0.15, 0.2) is 0 Å². The summed E-state index contributed by atoms with van der Waals surface area (Å²) in [7, 11) is 0. The van der Waals surface area contributed by atoms with Gasteiger partial charge in [0.2, 0.25) is 0 Å². The summed E-state index contributed by atoms with van der Waals surface area (Å²) in [5.41, 5.74) is 1.88. The topological polar surface area (TPSA) is 43.7 Å². The lowest BCUT2D eigenvalue weighted by Crippen LogP contribution is -2.34. The molecule has 0 fully saturated rings. The smallest absolute Gasteiger partial charge is 0.126 e. The van der Waals surface area contributed by atoms with Crippen LogP contribution in [0.25, 0.3) is 0 Å². The quantitative estimate of drug-likeness (QED) is 0.849. The van der Waals surface area contributed by atoms with Crippen LogP contribution in [-0.4, -0.2) is 29.4 Å². The number of anilines is 1. The Balaban J connectivity index is 3.30. The third-order valence-corrected chi connectivity index (χ3v) is 3.03. The monoisotopic (exact) mass is 255 g/mol. The van der Waals surface area contributed by atoms with Gasteiger partial charge >= 0.3 is 0 Å². The summed E-state index contributed by atoms with van der Waals surface area (Å²) in [6, 6.07) is 3.27. The maximum absolute atomic E-state index is 13.6. The van der Waals surface area contributed by atoms with E-state index in [0.717, 1.165) is 5.69 Å². The third kappa shape index (κ3) is 3.21. The predicted molar refractivity (Wildman–Crippen MR) is 71.3 cm³/mol. The Kier molecular flexibility index (Phi) is 5.11. The fourth-order valence-corrected chi connectivity index (χ4v) is 2.03. The van der Waals surface area contributed by atoms with Crippen LogP contribution in [0.2, 0.25) is 0 Å². The number of aliphatic hydroxyl groups excluding tert-OH is 2. The molecule has 0 spiro atoms. The molecule has 2 N–H and O–H groups in total. The van der Waals surface area contributed by atoms with Gasteiger partial charge in [-0.05, 0) is 45.4 Å². The molecular formula is C14H22FNO2. The molecule has 1 rings (SSSR count). The summed E-state index contributed by atoms with van der Waals surface area (Å²) in [4.78, 5) is 1.97. The Morgan fingerprint density at radius 3 is 2.33 bits per heavy atom. The molecule has 1 aromatic carbocycles. The second kappa shape index (κ2) is 6.16. The number of nitrogens with zero attached hydrogens (tertiary/aromatic N) is 1. The van der Waals surface area contributed by atoms with Gasteiger partial charge in [0.05, 0.1) is 12.7 Å². The van der Waals surface area contributed by atoms with E-state index < -0.39 is 6.10 Å². The normalized spacial score (nSPS) is 12.9. The number of rotatable bonds is 5. The van der Waals surface area contributed by atoms with Crippen molar-refractivity contribution in [2.24, 2.45) is 0 Å². The first-order valence-corrected chi connectivity index (χ1v) is 6.24. The Hall–Kier alpha value is -1.13. The molecular weight excluding hydrogens is 233 g/mol. The van der Waals surface area contributed by atoms with Crippen LogP contribution in [0.5, 0.6) is 0 Å². The van der Waals surface area contributed by atoms with Crippen molar-refractivity contribution >= 4 is 5.69 Å². The zero-order chi connectivity index (χ0) is 13.9. The van der Waals surface area contributed by atoms with Crippen LogP contribution < -0.4 is 4.90 Å². The minimum absolute atomic E-state index is 0.0217. The molecule has 0 saturated carbocycles. The third-order valence-electron chi connectivity index (χ3n) is 3.03. The zero-order valence-electron chi connectivity index (χ0n) is 11.4. The van der Waals surface area contributed by atoms with Crippen molar-refractivity contribution in [3.8, 4) is 0 Å². The number of hydrogen-bond donors (Lipinski definition) is 2. The second-order valence-corrected chi connectivity index (χ2v) is 4.85. The first-order valence-electron chi connectivity index (χ1n) is 6.24. The standard InChI is InChI=1S/C14H22FNO2/c1-9(2)16(5-6-17)14-7-10(3)13(15)8-12(14)11(4)18/h7-9,11,17-18H,5-6H2,1-4H3/t11-/m0/s1. The SMILES string of the molecule is Cc1cc(N(CCO)C(C)C)c([C@H](C)O)cc1F. The van der Waals surface area contributed by atoms with Crippen LogP contribution >= 0.6 is 0 Å². The van der Waals surface area contributed by atoms with Gasteiger partial charge in [0.25, 0.3) is 0 Å². The Bertz CT molecular complexity index is 405. The Labute approximate surface area is 108 Å². The Morgan fingerprint density at radius 2 is 1.89 bits per heavy atom. The fraction of sp³-hybridized carbons (Fsp3) is 0.571. The number of hydrogen-bond acceptors (Lipinski definition) is 3. The highest BCUT2D eigenvalue weighted by Crippen LogP contribution is 2.30. The molecule has 0 aliphatic carbocycles. The maximum Gasteiger partial charge on any atom is 0.126 e. The maximum atomic E-state index is 13.6. The molecule has 4 heteroatoms. The van der Waals surface area contributed by atoms with E-state index in [9.17, 15) is 9.50 Å². The van der Waals surface area contributed by atoms with Gasteiger partial charge in [-0.15, -0.1) is 0 Å². The first kappa shape index (κ1) is 14.9. The molecule has 0 unspecified atom stereocenters. The molecule has 1 atom stereocenters. The van der Waals surface area contributed by atoms with Crippen molar-refractivity contribution in [2.75, 3.05) is 18.1 Å². The molecule has 0 bridgehead atoms. The lowest BCUT2D eigenvalue weighted by Gasteiger charge is -2.31. The van der Waals surface area contributed by atoms with Crippen molar-refractivity contribution in [3.63, 3.8) is 0 Å². The summed E-state index contributed by atoms with van der Waals surface area (Å²) in [6.45, 7) is 7.80. The van der Waals surface area contributed by atoms with Crippen molar-refractivity contribution in [2.45, 2.75) is 39.8 Å². The van der Waals surface area contributed by atoms with E-state index in [1.165, 1.54) is 6.07 Å². The van der Waals surface area contributed by atoms with Gasteiger partial charge in [-0.3, -0.25) is 0 Å². The molecule has 0 amide bonds. The predicted octanol–water partition coefficient (Wildman–Crippen LogP) is 2.39. The molecule has 0 aliphatic rings. The first-order chi connectivity index (χ1) is 8.38. The number of aliphatic hydroxyl groups is 2. The molecule has 0 heterocycles. The van der Waals surface area contributed by atoms with Crippen LogP contribution in [0, 0.1) is 12.7 Å². The van der Waals surface area contributed by atoms with Gasteiger partial charge in [-0.1, -0.05) is 0 Å². The average molecular weight is 255 g/mol. The second-order valence-electron chi connectivity index (χ2n) is 4.85. The lowest BCUT2D eigenvalue weighted by atomic mass is 10.0. The van der Waals surface area contributed by atoms with E-state index in [1.807, 2.05) is 18.7 Å². The summed E-state index contributed by atoms with van der Waals surface area (Å²) in [6.07, 6.45) is -0.741. The zero-order valence-corrected chi connectivity index (χ0v) is 11.4. The number of halogens is 1. The fourth-order valence-electron chi connectivity index (χ4n) is 2.03. The lowest BCUT2D eigenvalue weighted by molar-refractivity contribution is 0.198. The van der Waals surface area contributed by atoms with E-state index in [4.69, 9.17) is 5.11 Å². The minimum atomic E-state index is -0.741. The summed E-state index contributed by atoms with van der Waals surface area (Å²) in [5.74, 6) is -0.317. The summed E-state index contributed by atoms with van der Waals surface area (Å²) < 4.78 is 13.6. The molecule has 1 aromatic rings. The summed E-state index contributed by atoms with van der Waals surface area (Å²) in [5, 5.41) is 18.9. The van der Waals surface area contributed by atoms with Gasteiger partial charge in [0, 0.05) is 23.8 Å². The highest BCUT2D eigenvalue weighted by molar-refractivity contribution is 5.57. The van der Waals surface area contributed by atoms with Crippen molar-refractivity contribution in [1.29, 1.82) is 0 Å². The molecule has 0 radical (unpaired) electrons. The van der Waals surface area contributed by atoms with Crippen LogP contribution in [0.4, 0.5) is 10.1 Å². The van der Waals surface area contributed by atoms with E-state index in [2.05, 4.69) is 0 Å². The van der Waals surface area contributed by atoms with Gasteiger partial charge in [-0.25, -0.2) is 4.39 Å². The van der Waals surface area contributed by atoms with Crippen molar-refractivity contribution in [1.82, 2.24) is 0 Å². The van der Waals surface area contributed by atoms with E-state index in [-0.39, 0.29) is 18.5 Å². The molecule has 0 aromatic heterocycles. The average Bonchev–Trinajstić information content (AvgIpc) is 2.28. The van der Waals surface area contributed by atoms with Crippen molar-refractivity contribution in [3.05, 3.63) is 29.1 Å². The molecule has 0 aliphatic heterocycles. The molecule has 18 heavy (non-hydrogen) atoms. The van der Waals surface area contributed by atoms with Crippen LogP contribution in [0.3, 0.4) is 0 Å². The largest absolute Gasteiger partial charge is 0.395 e. The van der Waals surface area contributed by atoms with Crippen molar-refractivity contribution < 1.29 is 14.6 Å². The molecule has 0 saturated heterocycles. The number of benzene rings is 1. The van der Waals surface area contributed by atoms with Gasteiger partial charge in [0.1, 0.15) is 5.82 Å². The minimum Gasteiger partial charge on any atom is -0.395 e. The van der Waals surface area contributed by atoms with Gasteiger partial charge in [-0.2, -0.15) is 0 Å². The van der Waals surface area contributed by atoms with E-state index in [1.54, 1.807) is 19.9 Å². The van der Waals surface area contributed by atoms with E-state index in [0.29, 0.717) is 17.7 Å². The number of aryl methyl sites for hydroxylation is 1. The van der Waals surface area contributed by atoms with Crippen LogP contribution in [0.15, 0.2) is 12.1 Å². The van der Waals surface area contributed by atoms with Crippen LogP contribution in [0.1, 0.15) is 38.0 Å². The molecule has 102 valence electrons. The summed E-state index contributed by atoms with van der Waals surface area (Å²) >= 11 is 0. The van der Waals surface area contributed by atoms with Gasteiger partial charge < -0.3 is 15.1 Å².